The maximum absolute atomic E-state index is 12.3. The van der Waals surface area contributed by atoms with Crippen molar-refractivity contribution >= 4 is 23.2 Å². The zero-order chi connectivity index (χ0) is 18.0. The van der Waals surface area contributed by atoms with Crippen LogP contribution in [0.25, 0.3) is 10.6 Å². The van der Waals surface area contributed by atoms with Crippen molar-refractivity contribution < 1.29 is 9.59 Å². The van der Waals surface area contributed by atoms with Gasteiger partial charge in [-0.25, -0.2) is 4.98 Å². The van der Waals surface area contributed by atoms with Crippen LogP contribution >= 0.6 is 11.3 Å². The van der Waals surface area contributed by atoms with Crippen molar-refractivity contribution in [2.45, 2.75) is 33.1 Å². The molecule has 0 aromatic carbocycles. The largest absolute Gasteiger partial charge is 0.351 e. The lowest BCUT2D eigenvalue weighted by molar-refractivity contribution is -0.127. The minimum Gasteiger partial charge on any atom is -0.351 e. The van der Waals surface area contributed by atoms with Crippen molar-refractivity contribution in [2.75, 3.05) is 19.6 Å². The van der Waals surface area contributed by atoms with Gasteiger partial charge in [-0.15, -0.1) is 11.3 Å². The van der Waals surface area contributed by atoms with Gasteiger partial charge in [-0.1, -0.05) is 0 Å². The van der Waals surface area contributed by atoms with Gasteiger partial charge in [0, 0.05) is 38.8 Å². The zero-order valence-electron chi connectivity index (χ0n) is 14.8. The molecule has 0 saturated carbocycles. The Balaban J connectivity index is 1.55. The van der Waals surface area contributed by atoms with E-state index in [1.807, 2.05) is 30.5 Å². The molecule has 3 rings (SSSR count). The van der Waals surface area contributed by atoms with Gasteiger partial charge in [0.05, 0.1) is 17.5 Å². The van der Waals surface area contributed by atoms with Crippen LogP contribution in [0.15, 0.2) is 6.20 Å². The molecule has 1 aliphatic rings. The quantitative estimate of drug-likeness (QED) is 0.797. The lowest BCUT2D eigenvalue weighted by atomic mass is 10.2. The van der Waals surface area contributed by atoms with E-state index >= 15 is 0 Å². The number of likely N-dealkylation sites (tertiary alicyclic amines) is 1. The van der Waals surface area contributed by atoms with Gasteiger partial charge in [0.2, 0.25) is 5.91 Å². The van der Waals surface area contributed by atoms with Gasteiger partial charge in [0.1, 0.15) is 9.88 Å². The molecule has 0 aliphatic carbocycles. The molecule has 2 amide bonds. The van der Waals surface area contributed by atoms with Gasteiger partial charge in [0.25, 0.3) is 5.91 Å². The summed E-state index contributed by atoms with van der Waals surface area (Å²) in [5.74, 6) is 0.108. The van der Waals surface area contributed by atoms with Crippen molar-refractivity contribution in [1.82, 2.24) is 25.0 Å². The van der Waals surface area contributed by atoms with Gasteiger partial charge in [-0.2, -0.15) is 5.10 Å². The second-order valence-electron chi connectivity index (χ2n) is 6.29. The molecule has 25 heavy (non-hydrogen) atoms. The van der Waals surface area contributed by atoms with Crippen LogP contribution in [0.5, 0.6) is 0 Å². The SMILES string of the molecule is Cc1nn(C)c(C)c1-c1ncc(C(=O)NCCCN2CCCC2=O)s1. The molecule has 0 unspecified atom stereocenters. The standard InChI is InChI=1S/C17H23N5O2S/c1-11-15(12(2)21(3)20-11)17-19-10-13(25-17)16(24)18-7-5-9-22-8-4-6-14(22)23/h10H,4-9H2,1-3H3,(H,18,24). The van der Waals surface area contributed by atoms with Crippen LogP contribution < -0.4 is 5.32 Å². The number of aromatic nitrogens is 3. The molecule has 1 saturated heterocycles. The van der Waals surface area contributed by atoms with Crippen LogP contribution in [-0.2, 0) is 11.8 Å². The summed E-state index contributed by atoms with van der Waals surface area (Å²) in [6, 6.07) is 0. The van der Waals surface area contributed by atoms with E-state index in [0.29, 0.717) is 24.4 Å². The maximum Gasteiger partial charge on any atom is 0.263 e. The van der Waals surface area contributed by atoms with Crippen LogP contribution in [0.2, 0.25) is 0 Å². The third kappa shape index (κ3) is 3.73. The molecular formula is C17H23N5O2S. The predicted octanol–water partition coefficient (Wildman–Crippen LogP) is 1.90. The zero-order valence-corrected chi connectivity index (χ0v) is 15.7. The predicted molar refractivity (Wildman–Crippen MR) is 96.6 cm³/mol. The summed E-state index contributed by atoms with van der Waals surface area (Å²) in [5, 5.41) is 8.12. The fourth-order valence-corrected chi connectivity index (χ4v) is 4.06. The fourth-order valence-electron chi connectivity index (χ4n) is 3.08. The Kier molecular flexibility index (Phi) is 5.17. The van der Waals surface area contributed by atoms with E-state index in [0.717, 1.165) is 41.3 Å². The molecular weight excluding hydrogens is 338 g/mol. The van der Waals surface area contributed by atoms with Crippen LogP contribution in [-0.4, -0.2) is 51.1 Å². The van der Waals surface area contributed by atoms with Crippen molar-refractivity contribution in [3.05, 3.63) is 22.5 Å². The lowest BCUT2D eigenvalue weighted by Gasteiger charge is -2.15. The highest BCUT2D eigenvalue weighted by Gasteiger charge is 2.20. The number of thiazole rings is 1. The van der Waals surface area contributed by atoms with E-state index in [-0.39, 0.29) is 11.8 Å². The normalized spacial score (nSPS) is 14.4. The van der Waals surface area contributed by atoms with Gasteiger partial charge in [-0.05, 0) is 26.7 Å². The van der Waals surface area contributed by atoms with Crippen LogP contribution in [0, 0.1) is 13.8 Å². The van der Waals surface area contributed by atoms with Gasteiger partial charge >= 0.3 is 0 Å². The van der Waals surface area contributed by atoms with E-state index in [2.05, 4.69) is 15.4 Å². The molecule has 3 heterocycles. The number of carbonyl (C=O) groups excluding carboxylic acids is 2. The topological polar surface area (TPSA) is 80.1 Å². The van der Waals surface area contributed by atoms with Crippen molar-refractivity contribution in [3.8, 4) is 10.6 Å². The van der Waals surface area contributed by atoms with Crippen LogP contribution in [0.4, 0.5) is 0 Å². The third-order valence-electron chi connectivity index (χ3n) is 4.51. The molecule has 7 nitrogen and oxygen atoms in total. The second kappa shape index (κ2) is 7.35. The van der Waals surface area contributed by atoms with Crippen LogP contribution in [0.1, 0.15) is 40.3 Å². The second-order valence-corrected chi connectivity index (χ2v) is 7.32. The van der Waals surface area contributed by atoms with Crippen molar-refractivity contribution in [2.24, 2.45) is 7.05 Å². The molecule has 1 aliphatic heterocycles. The van der Waals surface area contributed by atoms with Crippen molar-refractivity contribution in [3.63, 3.8) is 0 Å². The summed E-state index contributed by atoms with van der Waals surface area (Å²) in [7, 11) is 1.90. The van der Waals surface area contributed by atoms with Crippen molar-refractivity contribution in [1.29, 1.82) is 0 Å². The molecule has 1 fully saturated rings. The third-order valence-corrected chi connectivity index (χ3v) is 5.53. The summed E-state index contributed by atoms with van der Waals surface area (Å²) in [4.78, 5) is 30.7. The van der Waals surface area contributed by atoms with Crippen LogP contribution in [0.3, 0.4) is 0 Å². The number of hydrogen-bond donors (Lipinski definition) is 1. The van der Waals surface area contributed by atoms with E-state index in [4.69, 9.17) is 0 Å². The molecule has 0 radical (unpaired) electrons. The van der Waals surface area contributed by atoms with Gasteiger partial charge < -0.3 is 10.2 Å². The molecule has 0 bridgehead atoms. The fraction of sp³-hybridized carbons (Fsp3) is 0.529. The maximum atomic E-state index is 12.3. The Morgan fingerprint density at radius 2 is 2.20 bits per heavy atom. The van der Waals surface area contributed by atoms with Gasteiger partial charge in [0.15, 0.2) is 0 Å². The molecule has 0 atom stereocenters. The molecule has 8 heteroatoms. The number of amides is 2. The molecule has 2 aromatic heterocycles. The first kappa shape index (κ1) is 17.6. The first-order chi connectivity index (χ1) is 12.0. The highest BCUT2D eigenvalue weighted by molar-refractivity contribution is 7.16. The highest BCUT2D eigenvalue weighted by Crippen LogP contribution is 2.30. The van der Waals surface area contributed by atoms with E-state index in [1.54, 1.807) is 6.20 Å². The lowest BCUT2D eigenvalue weighted by Crippen LogP contribution is -2.30. The van der Waals surface area contributed by atoms with E-state index < -0.39 is 0 Å². The summed E-state index contributed by atoms with van der Waals surface area (Å²) in [6.45, 7) is 6.05. The Bertz CT molecular complexity index is 795. The molecule has 0 spiro atoms. The molecule has 2 aromatic rings. The molecule has 134 valence electrons. The highest BCUT2D eigenvalue weighted by atomic mass is 32.1. The number of aryl methyl sites for hydroxylation is 2. The minimum absolute atomic E-state index is 0.115. The first-order valence-electron chi connectivity index (χ1n) is 8.49. The molecule has 1 N–H and O–H groups in total. The Morgan fingerprint density at radius 1 is 1.40 bits per heavy atom. The Morgan fingerprint density at radius 3 is 2.84 bits per heavy atom. The summed E-state index contributed by atoms with van der Waals surface area (Å²) in [5.41, 5.74) is 2.95. The number of hydrogen-bond acceptors (Lipinski definition) is 5. The van der Waals surface area contributed by atoms with E-state index in [9.17, 15) is 9.59 Å². The monoisotopic (exact) mass is 361 g/mol. The Hall–Kier alpha value is -2.22. The minimum atomic E-state index is -0.115. The number of nitrogens with zero attached hydrogens (tertiary/aromatic N) is 4. The summed E-state index contributed by atoms with van der Waals surface area (Å²) in [6.07, 6.45) is 3.99. The Labute approximate surface area is 151 Å². The van der Waals surface area contributed by atoms with E-state index in [1.165, 1.54) is 11.3 Å². The smallest absolute Gasteiger partial charge is 0.263 e. The first-order valence-corrected chi connectivity index (χ1v) is 9.31. The number of nitrogens with one attached hydrogen (secondary N) is 1. The van der Waals surface area contributed by atoms with Gasteiger partial charge in [-0.3, -0.25) is 14.3 Å². The average molecular weight is 361 g/mol. The number of carbonyl (C=O) groups is 2. The number of rotatable bonds is 6. The summed E-state index contributed by atoms with van der Waals surface area (Å²) >= 11 is 1.38. The summed E-state index contributed by atoms with van der Waals surface area (Å²) < 4.78 is 1.82. The average Bonchev–Trinajstić information content (AvgIpc) is 3.26.